The zero-order valence-electron chi connectivity index (χ0n) is 8.28. The molecule has 0 bridgehead atoms. The van der Waals surface area contributed by atoms with Crippen molar-refractivity contribution in [2.45, 2.75) is 0 Å². The summed E-state index contributed by atoms with van der Waals surface area (Å²) in [6.07, 6.45) is 0. The van der Waals surface area contributed by atoms with Crippen molar-refractivity contribution in [3.05, 3.63) is 36.4 Å². The minimum Gasteiger partial charge on any atom is -0.496 e. The zero-order valence-corrected chi connectivity index (χ0v) is 8.28. The Kier molecular flexibility index (Phi) is 2.27. The van der Waals surface area contributed by atoms with Gasteiger partial charge in [0.1, 0.15) is 11.5 Å². The molecule has 0 amide bonds. The number of rotatable bonds is 2. The maximum absolute atomic E-state index is 5.27. The molecule has 0 aromatic heterocycles. The van der Waals surface area contributed by atoms with Gasteiger partial charge in [0, 0.05) is 10.8 Å². The van der Waals surface area contributed by atoms with Crippen LogP contribution in [0.25, 0.3) is 10.8 Å². The molecule has 0 atom stereocenters. The summed E-state index contributed by atoms with van der Waals surface area (Å²) in [6, 6.07) is 11.9. The van der Waals surface area contributed by atoms with Gasteiger partial charge >= 0.3 is 0 Å². The van der Waals surface area contributed by atoms with Crippen LogP contribution in [0, 0.1) is 0 Å². The fraction of sp³-hybridized carbons (Fsp3) is 0.167. The van der Waals surface area contributed by atoms with Gasteiger partial charge in [-0.1, -0.05) is 24.3 Å². The van der Waals surface area contributed by atoms with E-state index in [4.69, 9.17) is 9.47 Å². The van der Waals surface area contributed by atoms with Crippen LogP contribution in [0.4, 0.5) is 0 Å². The highest BCUT2D eigenvalue weighted by atomic mass is 16.5. The first kappa shape index (κ1) is 8.88. The molecule has 2 aromatic carbocycles. The molecule has 72 valence electrons. The zero-order chi connectivity index (χ0) is 9.97. The fourth-order valence-electron chi connectivity index (χ4n) is 1.60. The molecule has 2 rings (SSSR count). The van der Waals surface area contributed by atoms with Crippen LogP contribution in [0.5, 0.6) is 11.5 Å². The maximum Gasteiger partial charge on any atom is 0.126 e. The van der Waals surface area contributed by atoms with Gasteiger partial charge in [-0.2, -0.15) is 0 Å². The lowest BCUT2D eigenvalue weighted by Gasteiger charge is -2.08. The first-order valence-electron chi connectivity index (χ1n) is 4.46. The van der Waals surface area contributed by atoms with E-state index in [0.29, 0.717) is 0 Å². The Bertz CT molecular complexity index is 407. The molecule has 2 aromatic rings. The van der Waals surface area contributed by atoms with E-state index in [1.54, 1.807) is 14.2 Å². The lowest BCUT2D eigenvalue weighted by atomic mass is 10.1. The fourth-order valence-corrected chi connectivity index (χ4v) is 1.60. The van der Waals surface area contributed by atoms with Crippen LogP contribution in [0.3, 0.4) is 0 Å². The highest BCUT2D eigenvalue weighted by Crippen LogP contribution is 2.32. The van der Waals surface area contributed by atoms with Gasteiger partial charge in [0.15, 0.2) is 0 Å². The summed E-state index contributed by atoms with van der Waals surface area (Å²) >= 11 is 0. The molecule has 14 heavy (non-hydrogen) atoms. The highest BCUT2D eigenvalue weighted by Gasteiger charge is 2.04. The summed E-state index contributed by atoms with van der Waals surface area (Å²) in [5.41, 5.74) is 0. The molecular formula is C12H12O2. The molecule has 0 unspecified atom stereocenters. The van der Waals surface area contributed by atoms with Crippen molar-refractivity contribution in [1.29, 1.82) is 0 Å². The van der Waals surface area contributed by atoms with Crippen LogP contribution in [0.1, 0.15) is 0 Å². The van der Waals surface area contributed by atoms with Gasteiger partial charge in [-0.15, -0.1) is 0 Å². The summed E-state index contributed by atoms with van der Waals surface area (Å²) in [5.74, 6) is 1.75. The summed E-state index contributed by atoms with van der Waals surface area (Å²) in [4.78, 5) is 0. The smallest absolute Gasteiger partial charge is 0.126 e. The Morgan fingerprint density at radius 3 is 1.50 bits per heavy atom. The minimum atomic E-state index is 0.876. The molecule has 0 radical (unpaired) electrons. The van der Waals surface area contributed by atoms with Crippen molar-refractivity contribution < 1.29 is 9.47 Å². The first-order valence-corrected chi connectivity index (χ1v) is 4.46. The van der Waals surface area contributed by atoms with Gasteiger partial charge in [0.05, 0.1) is 14.2 Å². The molecule has 0 aliphatic heterocycles. The lowest BCUT2D eigenvalue weighted by Crippen LogP contribution is -1.88. The quantitative estimate of drug-likeness (QED) is 0.721. The summed E-state index contributed by atoms with van der Waals surface area (Å²) in [6.45, 7) is 0. The van der Waals surface area contributed by atoms with Crippen LogP contribution in [-0.4, -0.2) is 14.2 Å². The van der Waals surface area contributed by atoms with E-state index in [-0.39, 0.29) is 0 Å². The number of fused-ring (bicyclic) bond motifs is 1. The number of hydrogen-bond acceptors (Lipinski definition) is 2. The third kappa shape index (κ3) is 1.29. The molecule has 0 aliphatic carbocycles. The Balaban J connectivity index is 2.78. The van der Waals surface area contributed by atoms with Gasteiger partial charge in [-0.3, -0.25) is 0 Å². The van der Waals surface area contributed by atoms with E-state index in [2.05, 4.69) is 0 Å². The van der Waals surface area contributed by atoms with Crippen LogP contribution < -0.4 is 9.47 Å². The van der Waals surface area contributed by atoms with E-state index >= 15 is 0 Å². The molecule has 0 fully saturated rings. The normalized spacial score (nSPS) is 10.1. The number of hydrogen-bond donors (Lipinski definition) is 0. The average Bonchev–Trinajstić information content (AvgIpc) is 2.27. The lowest BCUT2D eigenvalue weighted by molar-refractivity contribution is 0.410. The van der Waals surface area contributed by atoms with E-state index < -0.39 is 0 Å². The molecule has 2 nitrogen and oxygen atoms in total. The van der Waals surface area contributed by atoms with E-state index in [1.165, 1.54) is 0 Å². The molecular weight excluding hydrogens is 176 g/mol. The Morgan fingerprint density at radius 1 is 0.714 bits per heavy atom. The Labute approximate surface area is 83.1 Å². The highest BCUT2D eigenvalue weighted by molar-refractivity contribution is 5.93. The Hall–Kier alpha value is -1.70. The van der Waals surface area contributed by atoms with Crippen molar-refractivity contribution in [2.24, 2.45) is 0 Å². The molecule has 0 spiro atoms. The average molecular weight is 188 g/mol. The van der Waals surface area contributed by atoms with Gasteiger partial charge in [-0.25, -0.2) is 0 Å². The summed E-state index contributed by atoms with van der Waals surface area (Å²) < 4.78 is 10.5. The SMILES string of the molecule is COc1ccc(OC)c2ccccc12. The second-order valence-electron chi connectivity index (χ2n) is 3.02. The molecule has 0 saturated carbocycles. The molecule has 0 N–H and O–H groups in total. The van der Waals surface area contributed by atoms with Crippen LogP contribution in [0.15, 0.2) is 36.4 Å². The topological polar surface area (TPSA) is 18.5 Å². The van der Waals surface area contributed by atoms with Crippen molar-refractivity contribution in [3.8, 4) is 11.5 Å². The third-order valence-corrected chi connectivity index (χ3v) is 2.28. The minimum absolute atomic E-state index is 0.876. The molecule has 0 aliphatic rings. The third-order valence-electron chi connectivity index (χ3n) is 2.28. The van der Waals surface area contributed by atoms with E-state index in [1.807, 2.05) is 36.4 Å². The maximum atomic E-state index is 5.27. The van der Waals surface area contributed by atoms with Gasteiger partial charge in [0.25, 0.3) is 0 Å². The van der Waals surface area contributed by atoms with E-state index in [9.17, 15) is 0 Å². The van der Waals surface area contributed by atoms with Crippen molar-refractivity contribution >= 4 is 10.8 Å². The van der Waals surface area contributed by atoms with Crippen molar-refractivity contribution in [1.82, 2.24) is 0 Å². The predicted octanol–water partition coefficient (Wildman–Crippen LogP) is 2.86. The van der Waals surface area contributed by atoms with Gasteiger partial charge in [0.2, 0.25) is 0 Å². The standard InChI is InChI=1S/C12H12O2/c1-13-11-7-8-12(14-2)10-6-4-3-5-9(10)11/h3-8H,1-2H3. The Morgan fingerprint density at radius 2 is 1.14 bits per heavy atom. The summed E-state index contributed by atoms with van der Waals surface area (Å²) in [7, 11) is 3.35. The van der Waals surface area contributed by atoms with Gasteiger partial charge in [-0.05, 0) is 12.1 Å². The van der Waals surface area contributed by atoms with Gasteiger partial charge < -0.3 is 9.47 Å². The predicted molar refractivity (Wildman–Crippen MR) is 57.1 cm³/mol. The van der Waals surface area contributed by atoms with E-state index in [0.717, 1.165) is 22.3 Å². The number of benzene rings is 2. The molecule has 0 saturated heterocycles. The molecule has 2 heteroatoms. The first-order chi connectivity index (χ1) is 6.86. The van der Waals surface area contributed by atoms with Crippen molar-refractivity contribution in [2.75, 3.05) is 14.2 Å². The largest absolute Gasteiger partial charge is 0.496 e. The number of ether oxygens (including phenoxy) is 2. The van der Waals surface area contributed by atoms with Crippen molar-refractivity contribution in [3.63, 3.8) is 0 Å². The van der Waals surface area contributed by atoms with Crippen LogP contribution >= 0.6 is 0 Å². The molecule has 0 heterocycles. The second-order valence-corrected chi connectivity index (χ2v) is 3.02. The van der Waals surface area contributed by atoms with Crippen LogP contribution in [-0.2, 0) is 0 Å². The van der Waals surface area contributed by atoms with Crippen LogP contribution in [0.2, 0.25) is 0 Å². The second kappa shape index (κ2) is 3.58. The monoisotopic (exact) mass is 188 g/mol. The number of methoxy groups -OCH3 is 2. The summed E-state index contributed by atoms with van der Waals surface area (Å²) in [5, 5.41) is 2.16.